The molecule has 0 aromatic carbocycles. The predicted octanol–water partition coefficient (Wildman–Crippen LogP) is 2.05. The van der Waals surface area contributed by atoms with E-state index in [-0.39, 0.29) is 17.5 Å². The van der Waals surface area contributed by atoms with Gasteiger partial charge in [-0.2, -0.15) is 0 Å². The topological polar surface area (TPSA) is 72.3 Å². The van der Waals surface area contributed by atoms with Gasteiger partial charge >= 0.3 is 6.03 Å². The van der Waals surface area contributed by atoms with Crippen molar-refractivity contribution in [3.05, 3.63) is 12.7 Å². The van der Waals surface area contributed by atoms with Gasteiger partial charge < -0.3 is 19.5 Å². The maximum absolute atomic E-state index is 12.5. The summed E-state index contributed by atoms with van der Waals surface area (Å²) in [7, 11) is 1.84. The van der Waals surface area contributed by atoms with Crippen molar-refractivity contribution < 1.29 is 9.53 Å². The van der Waals surface area contributed by atoms with Crippen molar-refractivity contribution in [2.24, 2.45) is 5.41 Å². The molecule has 2 aliphatic rings. The Morgan fingerprint density at radius 3 is 2.71 bits per heavy atom. The first-order valence-electron chi connectivity index (χ1n) is 9.11. The maximum atomic E-state index is 12.5. The average Bonchev–Trinajstić information content (AvgIpc) is 3.13. The van der Waals surface area contributed by atoms with E-state index in [1.807, 2.05) is 11.6 Å². The third-order valence-corrected chi connectivity index (χ3v) is 5.74. The highest BCUT2D eigenvalue weighted by molar-refractivity contribution is 5.74. The minimum absolute atomic E-state index is 0.00738. The predicted molar refractivity (Wildman–Crippen MR) is 90.5 cm³/mol. The molecule has 2 fully saturated rings. The normalized spacial score (nSPS) is 25.2. The summed E-state index contributed by atoms with van der Waals surface area (Å²) in [5.74, 6) is 0. The maximum Gasteiger partial charge on any atom is 0.317 e. The van der Waals surface area contributed by atoms with Crippen LogP contribution < -0.4 is 5.32 Å². The van der Waals surface area contributed by atoms with Crippen molar-refractivity contribution in [3.8, 4) is 0 Å². The highest BCUT2D eigenvalue weighted by Gasteiger charge is 2.56. The van der Waals surface area contributed by atoms with E-state index in [2.05, 4.69) is 22.4 Å². The number of nitrogens with zero attached hydrogens (tertiary/aromatic N) is 4. The van der Waals surface area contributed by atoms with Crippen LogP contribution in [0.25, 0.3) is 0 Å². The van der Waals surface area contributed by atoms with Crippen LogP contribution in [0.5, 0.6) is 0 Å². The van der Waals surface area contributed by atoms with Crippen molar-refractivity contribution in [2.45, 2.75) is 64.1 Å². The van der Waals surface area contributed by atoms with E-state index < -0.39 is 0 Å². The van der Waals surface area contributed by atoms with Crippen LogP contribution >= 0.6 is 0 Å². The molecule has 1 spiro atoms. The Morgan fingerprint density at radius 1 is 1.33 bits per heavy atom. The van der Waals surface area contributed by atoms with E-state index >= 15 is 0 Å². The molecule has 0 radical (unpaired) electrons. The zero-order valence-electron chi connectivity index (χ0n) is 14.8. The van der Waals surface area contributed by atoms with Crippen molar-refractivity contribution in [3.63, 3.8) is 0 Å². The first-order valence-corrected chi connectivity index (χ1v) is 9.11. The van der Waals surface area contributed by atoms with Gasteiger partial charge in [-0.3, -0.25) is 0 Å². The fourth-order valence-electron chi connectivity index (χ4n) is 4.23. The largest absolute Gasteiger partial charge is 0.378 e. The Morgan fingerprint density at radius 2 is 2.04 bits per heavy atom. The van der Waals surface area contributed by atoms with Crippen LogP contribution in [0.2, 0.25) is 0 Å². The van der Waals surface area contributed by atoms with Gasteiger partial charge in [-0.15, -0.1) is 10.2 Å². The van der Waals surface area contributed by atoms with Crippen LogP contribution in [0.1, 0.15) is 45.4 Å². The molecular weight excluding hydrogens is 306 g/mol. The van der Waals surface area contributed by atoms with Gasteiger partial charge in [0.2, 0.25) is 0 Å². The summed E-state index contributed by atoms with van der Waals surface area (Å²) in [6.45, 7) is 4.15. The molecule has 0 aliphatic heterocycles. The molecule has 134 valence electrons. The number of likely N-dealkylation sites (N-methyl/N-ethyl adjacent to an activating group) is 1. The number of amides is 2. The second-order valence-electron chi connectivity index (χ2n) is 7.10. The number of hydrogen-bond donors (Lipinski definition) is 1. The number of ether oxygens (including phenoxy) is 1. The van der Waals surface area contributed by atoms with Crippen molar-refractivity contribution >= 4 is 6.03 Å². The molecule has 1 aromatic heterocycles. The van der Waals surface area contributed by atoms with E-state index in [1.165, 1.54) is 32.1 Å². The highest BCUT2D eigenvalue weighted by atomic mass is 16.5. The standard InChI is InChI=1S/C17H29N5O2/c1-3-24-15-11-14(17(15)7-5-4-6-8-17)20-16(23)21(2)9-10-22-12-18-19-13-22/h12-15H,3-11H2,1-2H3,(H,20,23)/t14-,15+/m0/s1. The lowest BCUT2D eigenvalue weighted by Crippen LogP contribution is -2.66. The van der Waals surface area contributed by atoms with E-state index in [1.54, 1.807) is 17.6 Å². The number of carbonyl (C=O) groups is 1. The molecule has 0 unspecified atom stereocenters. The number of carbonyl (C=O) groups excluding carboxylic acids is 1. The molecule has 3 rings (SSSR count). The average molecular weight is 335 g/mol. The number of aromatic nitrogens is 3. The quantitative estimate of drug-likeness (QED) is 0.863. The zero-order chi connectivity index (χ0) is 17.0. The van der Waals surface area contributed by atoms with Crippen LogP contribution in [0.15, 0.2) is 12.7 Å². The van der Waals surface area contributed by atoms with Crippen LogP contribution in [0, 0.1) is 5.41 Å². The van der Waals surface area contributed by atoms with Crippen molar-refractivity contribution in [1.82, 2.24) is 25.0 Å². The molecule has 2 atom stereocenters. The van der Waals surface area contributed by atoms with E-state index in [9.17, 15) is 4.79 Å². The molecular formula is C17H29N5O2. The Kier molecular flexibility index (Phi) is 5.38. The van der Waals surface area contributed by atoms with Crippen molar-refractivity contribution in [1.29, 1.82) is 0 Å². The van der Waals surface area contributed by atoms with E-state index in [0.717, 1.165) is 13.0 Å². The fourth-order valence-corrected chi connectivity index (χ4v) is 4.23. The van der Waals surface area contributed by atoms with Crippen LogP contribution in [-0.4, -0.2) is 58.0 Å². The smallest absolute Gasteiger partial charge is 0.317 e. The Labute approximate surface area is 143 Å². The molecule has 24 heavy (non-hydrogen) atoms. The van der Waals surface area contributed by atoms with Gasteiger partial charge in [0.15, 0.2) is 0 Å². The first kappa shape index (κ1) is 17.2. The molecule has 1 aromatic rings. The lowest BCUT2D eigenvalue weighted by Gasteiger charge is -2.57. The summed E-state index contributed by atoms with van der Waals surface area (Å²) in [6.07, 6.45) is 10.7. The summed E-state index contributed by atoms with van der Waals surface area (Å²) >= 11 is 0. The summed E-state index contributed by atoms with van der Waals surface area (Å²) in [4.78, 5) is 14.3. The molecule has 1 heterocycles. The monoisotopic (exact) mass is 335 g/mol. The van der Waals surface area contributed by atoms with E-state index in [0.29, 0.717) is 19.2 Å². The van der Waals surface area contributed by atoms with Gasteiger partial charge in [0.25, 0.3) is 0 Å². The number of urea groups is 1. The van der Waals surface area contributed by atoms with Crippen LogP contribution in [-0.2, 0) is 11.3 Å². The number of hydrogen-bond acceptors (Lipinski definition) is 4. The molecule has 7 heteroatoms. The van der Waals surface area contributed by atoms with Gasteiger partial charge in [-0.05, 0) is 26.2 Å². The summed E-state index contributed by atoms with van der Waals surface area (Å²) in [5.41, 5.74) is 0.166. The van der Waals surface area contributed by atoms with Gasteiger partial charge in [0.05, 0.1) is 6.10 Å². The molecule has 2 amide bonds. The lowest BCUT2D eigenvalue weighted by atomic mass is 9.55. The molecule has 7 nitrogen and oxygen atoms in total. The Balaban J connectivity index is 1.53. The van der Waals surface area contributed by atoms with Gasteiger partial charge in [-0.25, -0.2) is 4.79 Å². The minimum Gasteiger partial charge on any atom is -0.378 e. The Hall–Kier alpha value is -1.63. The molecule has 2 saturated carbocycles. The van der Waals surface area contributed by atoms with Crippen LogP contribution in [0.4, 0.5) is 4.79 Å². The minimum atomic E-state index is 0.00738. The molecule has 0 saturated heterocycles. The zero-order valence-corrected chi connectivity index (χ0v) is 14.8. The SMILES string of the molecule is CCO[C@@H]1C[C@H](NC(=O)N(C)CCn2cnnc2)C12CCCCC2. The van der Waals surface area contributed by atoms with Gasteiger partial charge in [0.1, 0.15) is 12.7 Å². The summed E-state index contributed by atoms with van der Waals surface area (Å²) in [6, 6.07) is 0.257. The third kappa shape index (κ3) is 3.41. The molecule has 0 bridgehead atoms. The molecule has 2 aliphatic carbocycles. The van der Waals surface area contributed by atoms with Crippen molar-refractivity contribution in [2.75, 3.05) is 20.2 Å². The highest BCUT2D eigenvalue weighted by Crippen LogP contribution is 2.53. The second kappa shape index (κ2) is 7.51. The third-order valence-electron chi connectivity index (χ3n) is 5.74. The summed E-state index contributed by atoms with van der Waals surface area (Å²) in [5, 5.41) is 10.8. The second-order valence-corrected chi connectivity index (χ2v) is 7.10. The lowest BCUT2D eigenvalue weighted by molar-refractivity contribution is -0.147. The van der Waals surface area contributed by atoms with Crippen LogP contribution in [0.3, 0.4) is 0 Å². The molecule has 1 N–H and O–H groups in total. The summed E-state index contributed by atoms with van der Waals surface area (Å²) < 4.78 is 7.83. The number of nitrogens with one attached hydrogen (secondary N) is 1. The number of rotatable bonds is 6. The van der Waals surface area contributed by atoms with E-state index in [4.69, 9.17) is 4.74 Å². The Bertz CT molecular complexity index is 527. The first-order chi connectivity index (χ1) is 11.7. The fraction of sp³-hybridized carbons (Fsp3) is 0.824. The van der Waals surface area contributed by atoms with Gasteiger partial charge in [-0.1, -0.05) is 19.3 Å². The van der Waals surface area contributed by atoms with Gasteiger partial charge in [0, 0.05) is 38.2 Å².